The van der Waals surface area contributed by atoms with Gasteiger partial charge in [0.2, 0.25) is 0 Å². The standard InChI is InChI=1S/C16H18N2O2S/c1-11-5-3-4-6-13(11)20-14-8-7-12(9-15(14)19-2)10-18-16(17)21/h3-9H,10H2,1-2H3,(H3,17,18,21). The van der Waals surface area contributed by atoms with Crippen LogP contribution in [-0.4, -0.2) is 12.2 Å². The zero-order valence-electron chi connectivity index (χ0n) is 12.1. The minimum atomic E-state index is 0.272. The summed E-state index contributed by atoms with van der Waals surface area (Å²) in [5.41, 5.74) is 7.50. The van der Waals surface area contributed by atoms with Crippen LogP contribution in [0.5, 0.6) is 17.2 Å². The first-order chi connectivity index (χ1) is 10.1. The molecule has 21 heavy (non-hydrogen) atoms. The van der Waals surface area contributed by atoms with E-state index in [-0.39, 0.29) is 5.11 Å². The number of hydrogen-bond acceptors (Lipinski definition) is 3. The lowest BCUT2D eigenvalue weighted by molar-refractivity contribution is 0.377. The number of benzene rings is 2. The van der Waals surface area contributed by atoms with Crippen molar-refractivity contribution < 1.29 is 9.47 Å². The summed E-state index contributed by atoms with van der Waals surface area (Å²) < 4.78 is 11.3. The van der Waals surface area contributed by atoms with Gasteiger partial charge in [0, 0.05) is 6.54 Å². The summed E-state index contributed by atoms with van der Waals surface area (Å²) >= 11 is 4.79. The van der Waals surface area contributed by atoms with Crippen LogP contribution in [-0.2, 0) is 6.54 Å². The van der Waals surface area contributed by atoms with Gasteiger partial charge in [0.25, 0.3) is 0 Å². The van der Waals surface area contributed by atoms with Crippen molar-refractivity contribution in [2.45, 2.75) is 13.5 Å². The lowest BCUT2D eigenvalue weighted by atomic mass is 10.2. The second-order valence-electron chi connectivity index (χ2n) is 4.57. The van der Waals surface area contributed by atoms with E-state index in [0.29, 0.717) is 18.0 Å². The Labute approximate surface area is 129 Å². The molecule has 0 heterocycles. The Kier molecular flexibility index (Phi) is 5.00. The normalized spacial score (nSPS) is 10.0. The maximum atomic E-state index is 5.92. The number of methoxy groups -OCH3 is 1. The molecular weight excluding hydrogens is 284 g/mol. The Balaban J connectivity index is 2.20. The third-order valence-electron chi connectivity index (χ3n) is 3.01. The van der Waals surface area contributed by atoms with Crippen LogP contribution in [0, 0.1) is 6.92 Å². The first-order valence-electron chi connectivity index (χ1n) is 6.54. The van der Waals surface area contributed by atoms with Crippen molar-refractivity contribution in [1.82, 2.24) is 5.32 Å². The van der Waals surface area contributed by atoms with Crippen molar-refractivity contribution in [2.24, 2.45) is 5.73 Å². The zero-order valence-corrected chi connectivity index (χ0v) is 12.9. The van der Waals surface area contributed by atoms with Gasteiger partial charge < -0.3 is 20.5 Å². The smallest absolute Gasteiger partial charge is 0.169 e. The molecule has 0 fully saturated rings. The average molecular weight is 302 g/mol. The number of ether oxygens (including phenoxy) is 2. The Morgan fingerprint density at radius 1 is 1.14 bits per heavy atom. The summed E-state index contributed by atoms with van der Waals surface area (Å²) in [6, 6.07) is 13.6. The molecular formula is C16H18N2O2S. The third kappa shape index (κ3) is 4.10. The van der Waals surface area contributed by atoms with E-state index in [1.807, 2.05) is 49.4 Å². The molecule has 0 saturated carbocycles. The highest BCUT2D eigenvalue weighted by molar-refractivity contribution is 7.80. The second kappa shape index (κ2) is 6.95. The van der Waals surface area contributed by atoms with Crippen LogP contribution in [0.4, 0.5) is 0 Å². The van der Waals surface area contributed by atoms with E-state index in [1.165, 1.54) is 0 Å². The van der Waals surface area contributed by atoms with Crippen LogP contribution in [0.1, 0.15) is 11.1 Å². The van der Waals surface area contributed by atoms with Gasteiger partial charge in [-0.1, -0.05) is 24.3 Å². The molecule has 110 valence electrons. The predicted molar refractivity (Wildman–Crippen MR) is 87.9 cm³/mol. The van der Waals surface area contributed by atoms with Crippen molar-refractivity contribution >= 4 is 17.3 Å². The van der Waals surface area contributed by atoms with Crippen molar-refractivity contribution in [3.63, 3.8) is 0 Å². The monoisotopic (exact) mass is 302 g/mol. The first kappa shape index (κ1) is 15.1. The molecule has 0 atom stereocenters. The number of rotatable bonds is 5. The van der Waals surface area contributed by atoms with Gasteiger partial charge in [0.15, 0.2) is 16.6 Å². The summed E-state index contributed by atoms with van der Waals surface area (Å²) in [5, 5.41) is 3.18. The van der Waals surface area contributed by atoms with Crippen molar-refractivity contribution in [3.8, 4) is 17.2 Å². The fourth-order valence-corrected chi connectivity index (χ4v) is 1.96. The van der Waals surface area contributed by atoms with Crippen LogP contribution in [0.2, 0.25) is 0 Å². The maximum absolute atomic E-state index is 5.92. The topological polar surface area (TPSA) is 56.5 Å². The highest BCUT2D eigenvalue weighted by atomic mass is 32.1. The molecule has 2 aromatic rings. The molecule has 0 saturated heterocycles. The van der Waals surface area contributed by atoms with Gasteiger partial charge >= 0.3 is 0 Å². The van der Waals surface area contributed by atoms with Crippen LogP contribution >= 0.6 is 12.2 Å². The van der Waals surface area contributed by atoms with E-state index >= 15 is 0 Å². The van der Waals surface area contributed by atoms with Gasteiger partial charge in [-0.15, -0.1) is 0 Å². The summed E-state index contributed by atoms with van der Waals surface area (Å²) in [4.78, 5) is 0. The van der Waals surface area contributed by atoms with Crippen LogP contribution in [0.25, 0.3) is 0 Å². The van der Waals surface area contributed by atoms with E-state index in [0.717, 1.165) is 16.9 Å². The zero-order chi connectivity index (χ0) is 15.2. The Bertz CT molecular complexity index is 644. The number of nitrogens with one attached hydrogen (secondary N) is 1. The molecule has 0 amide bonds. The molecule has 0 spiro atoms. The summed E-state index contributed by atoms with van der Waals surface area (Å²) in [6.45, 7) is 2.55. The van der Waals surface area contributed by atoms with E-state index < -0.39 is 0 Å². The summed E-state index contributed by atoms with van der Waals surface area (Å²) in [6.07, 6.45) is 0. The van der Waals surface area contributed by atoms with Crippen molar-refractivity contribution in [2.75, 3.05) is 7.11 Å². The van der Waals surface area contributed by atoms with E-state index in [2.05, 4.69) is 5.32 Å². The largest absolute Gasteiger partial charge is 0.493 e. The molecule has 0 aliphatic heterocycles. The highest BCUT2D eigenvalue weighted by Crippen LogP contribution is 2.33. The molecule has 0 aliphatic carbocycles. The molecule has 0 aliphatic rings. The van der Waals surface area contributed by atoms with Crippen LogP contribution in [0.15, 0.2) is 42.5 Å². The summed E-state index contributed by atoms with van der Waals surface area (Å²) in [7, 11) is 1.62. The van der Waals surface area contributed by atoms with Crippen molar-refractivity contribution in [1.29, 1.82) is 0 Å². The molecule has 5 heteroatoms. The third-order valence-corrected chi connectivity index (χ3v) is 3.15. The molecule has 0 aromatic heterocycles. The first-order valence-corrected chi connectivity index (χ1v) is 6.94. The van der Waals surface area contributed by atoms with E-state index in [9.17, 15) is 0 Å². The quantitative estimate of drug-likeness (QED) is 0.831. The fraction of sp³-hybridized carbons (Fsp3) is 0.188. The SMILES string of the molecule is COc1cc(CNC(N)=S)ccc1Oc1ccccc1C. The van der Waals surface area contributed by atoms with Crippen LogP contribution in [0.3, 0.4) is 0 Å². The van der Waals surface area contributed by atoms with Crippen molar-refractivity contribution in [3.05, 3.63) is 53.6 Å². The second-order valence-corrected chi connectivity index (χ2v) is 5.01. The van der Waals surface area contributed by atoms with E-state index in [1.54, 1.807) is 7.11 Å². The Morgan fingerprint density at radius 3 is 2.57 bits per heavy atom. The molecule has 2 aromatic carbocycles. The number of aryl methyl sites for hydroxylation is 1. The Morgan fingerprint density at radius 2 is 1.90 bits per heavy atom. The maximum Gasteiger partial charge on any atom is 0.169 e. The minimum Gasteiger partial charge on any atom is -0.493 e. The number of nitrogens with two attached hydrogens (primary N) is 1. The lowest BCUT2D eigenvalue weighted by Gasteiger charge is -2.13. The number of thiocarbonyl (C=S) groups is 1. The van der Waals surface area contributed by atoms with Gasteiger partial charge in [0.05, 0.1) is 7.11 Å². The van der Waals surface area contributed by atoms with Gasteiger partial charge in [-0.25, -0.2) is 0 Å². The lowest BCUT2D eigenvalue weighted by Crippen LogP contribution is -2.28. The molecule has 2 rings (SSSR count). The molecule has 0 bridgehead atoms. The molecule has 0 unspecified atom stereocenters. The average Bonchev–Trinajstić information content (AvgIpc) is 2.48. The van der Waals surface area contributed by atoms with Gasteiger partial charge in [-0.2, -0.15) is 0 Å². The van der Waals surface area contributed by atoms with Gasteiger partial charge in [0.1, 0.15) is 5.75 Å². The highest BCUT2D eigenvalue weighted by Gasteiger charge is 2.08. The van der Waals surface area contributed by atoms with Crippen LogP contribution < -0.4 is 20.5 Å². The molecule has 0 radical (unpaired) electrons. The van der Waals surface area contributed by atoms with Gasteiger partial charge in [-0.05, 0) is 48.5 Å². The van der Waals surface area contributed by atoms with E-state index in [4.69, 9.17) is 27.4 Å². The summed E-state index contributed by atoms with van der Waals surface area (Å²) in [5.74, 6) is 2.15. The minimum absolute atomic E-state index is 0.272. The number of para-hydroxylation sites is 1. The number of hydrogen-bond donors (Lipinski definition) is 2. The predicted octanol–water partition coefficient (Wildman–Crippen LogP) is 3.13. The molecule has 3 N–H and O–H groups in total. The fourth-order valence-electron chi connectivity index (χ4n) is 1.88. The van der Waals surface area contributed by atoms with Gasteiger partial charge in [-0.3, -0.25) is 0 Å². The molecule has 4 nitrogen and oxygen atoms in total. The Hall–Kier alpha value is -2.27.